The van der Waals surface area contributed by atoms with E-state index < -0.39 is 27.9 Å². The van der Waals surface area contributed by atoms with Crippen LogP contribution in [0.4, 0.5) is 0 Å². The number of carbonyl (C=O) groups excluding carboxylic acids is 2. The number of sulfonamides is 1. The first-order valence-corrected chi connectivity index (χ1v) is 6.97. The number of amides is 2. The van der Waals surface area contributed by atoms with Gasteiger partial charge in [0.05, 0.1) is 10.9 Å². The molecule has 5 N–H and O–H groups in total. The minimum Gasteiger partial charge on any atom is -0.370 e. The maximum Gasteiger partial charge on any atom is 0.264 e. The summed E-state index contributed by atoms with van der Waals surface area (Å²) in [6.07, 6.45) is -0.0918. The summed E-state index contributed by atoms with van der Waals surface area (Å²) >= 11 is 0. The summed E-state index contributed by atoms with van der Waals surface area (Å²) in [5, 5.41) is 0. The maximum absolute atomic E-state index is 11.8. The molecule has 1 rings (SSSR count). The number of benzene rings is 1. The highest BCUT2D eigenvalue weighted by Crippen LogP contribution is 2.07. The Morgan fingerprint density at radius 3 is 2.32 bits per heavy atom. The fraction of sp³-hybridized carbons (Fsp3) is 0.273. The molecule has 7 nitrogen and oxygen atoms in total. The third-order valence-electron chi connectivity index (χ3n) is 2.33. The fourth-order valence-electron chi connectivity index (χ4n) is 1.30. The predicted molar refractivity (Wildman–Crippen MR) is 68.2 cm³/mol. The van der Waals surface area contributed by atoms with Gasteiger partial charge in [-0.2, -0.15) is 0 Å². The molecule has 0 radical (unpaired) electrons. The molecule has 0 saturated heterocycles. The van der Waals surface area contributed by atoms with Gasteiger partial charge in [0.1, 0.15) is 0 Å². The third-order valence-corrected chi connectivity index (χ3v) is 3.69. The van der Waals surface area contributed by atoms with E-state index in [4.69, 9.17) is 11.5 Å². The van der Waals surface area contributed by atoms with Crippen molar-refractivity contribution in [3.8, 4) is 0 Å². The van der Waals surface area contributed by atoms with Gasteiger partial charge in [-0.05, 0) is 18.6 Å². The number of carbonyl (C=O) groups is 2. The predicted octanol–water partition coefficient (Wildman–Crippen LogP) is -0.916. The van der Waals surface area contributed by atoms with E-state index in [9.17, 15) is 18.0 Å². The van der Waals surface area contributed by atoms with Gasteiger partial charge in [-0.1, -0.05) is 18.2 Å². The van der Waals surface area contributed by atoms with Gasteiger partial charge in [-0.15, -0.1) is 0 Å². The summed E-state index contributed by atoms with van der Waals surface area (Å²) in [6.45, 7) is 0. The second kappa shape index (κ2) is 6.30. The average molecular weight is 285 g/mol. The van der Waals surface area contributed by atoms with Crippen LogP contribution in [0.2, 0.25) is 0 Å². The first-order chi connectivity index (χ1) is 8.83. The number of rotatable bonds is 6. The molecular weight excluding hydrogens is 270 g/mol. The van der Waals surface area contributed by atoms with Crippen LogP contribution in [0.15, 0.2) is 35.2 Å². The van der Waals surface area contributed by atoms with E-state index in [2.05, 4.69) is 0 Å². The van der Waals surface area contributed by atoms with Crippen molar-refractivity contribution < 1.29 is 18.0 Å². The van der Waals surface area contributed by atoms with Gasteiger partial charge in [0, 0.05) is 6.42 Å². The number of nitrogens with two attached hydrogens (primary N) is 2. The summed E-state index contributed by atoms with van der Waals surface area (Å²) in [7, 11) is -3.94. The van der Waals surface area contributed by atoms with Gasteiger partial charge in [-0.25, -0.2) is 13.1 Å². The lowest BCUT2D eigenvalue weighted by Crippen LogP contribution is -2.43. The Morgan fingerprint density at radius 1 is 1.21 bits per heavy atom. The summed E-state index contributed by atoms with van der Waals surface area (Å²) < 4.78 is 25.5. The van der Waals surface area contributed by atoms with E-state index in [-0.39, 0.29) is 17.7 Å². The lowest BCUT2D eigenvalue weighted by Gasteiger charge is -2.11. The first-order valence-electron chi connectivity index (χ1n) is 5.48. The third kappa shape index (κ3) is 4.68. The molecule has 0 aromatic heterocycles. The fourth-order valence-corrected chi connectivity index (χ4v) is 2.35. The molecule has 104 valence electrons. The van der Waals surface area contributed by atoms with Gasteiger partial charge >= 0.3 is 0 Å². The van der Waals surface area contributed by atoms with Crippen molar-refractivity contribution in [3.63, 3.8) is 0 Å². The largest absolute Gasteiger partial charge is 0.370 e. The zero-order valence-corrected chi connectivity index (χ0v) is 10.9. The van der Waals surface area contributed by atoms with Gasteiger partial charge in [0.25, 0.3) is 15.9 Å². The quantitative estimate of drug-likeness (QED) is 0.622. The molecule has 2 amide bonds. The number of primary amides is 1. The smallest absolute Gasteiger partial charge is 0.264 e. The number of nitrogens with one attached hydrogen (secondary N) is 1. The molecule has 1 atom stereocenters. The van der Waals surface area contributed by atoms with Crippen LogP contribution in [-0.4, -0.2) is 26.3 Å². The van der Waals surface area contributed by atoms with E-state index in [0.717, 1.165) is 0 Å². The average Bonchev–Trinajstić information content (AvgIpc) is 2.36. The second-order valence-corrected chi connectivity index (χ2v) is 5.58. The monoisotopic (exact) mass is 285 g/mol. The van der Waals surface area contributed by atoms with E-state index >= 15 is 0 Å². The Labute approximate surface area is 111 Å². The van der Waals surface area contributed by atoms with Crippen LogP contribution in [0.25, 0.3) is 0 Å². The van der Waals surface area contributed by atoms with Crippen LogP contribution in [0.3, 0.4) is 0 Å². The molecule has 0 spiro atoms. The summed E-state index contributed by atoms with van der Waals surface area (Å²) in [5.41, 5.74) is 10.4. The maximum atomic E-state index is 11.8. The topological polar surface area (TPSA) is 132 Å². The minimum absolute atomic E-state index is 0.00846. The zero-order chi connectivity index (χ0) is 14.5. The molecule has 0 unspecified atom stereocenters. The van der Waals surface area contributed by atoms with Gasteiger partial charge < -0.3 is 11.5 Å². The Bertz CT molecular complexity index is 557. The molecule has 1 aromatic rings. The van der Waals surface area contributed by atoms with Crippen molar-refractivity contribution in [3.05, 3.63) is 30.3 Å². The molecule has 0 aliphatic heterocycles. The molecule has 0 heterocycles. The molecular formula is C11H15N3O4S. The molecule has 1 aromatic carbocycles. The van der Waals surface area contributed by atoms with Crippen LogP contribution in [0.5, 0.6) is 0 Å². The van der Waals surface area contributed by atoms with Crippen LogP contribution in [-0.2, 0) is 19.6 Å². The molecule has 8 heteroatoms. The summed E-state index contributed by atoms with van der Waals surface area (Å²) in [4.78, 5) is 22.1. The Balaban J connectivity index is 2.68. The van der Waals surface area contributed by atoms with Gasteiger partial charge in [0.15, 0.2) is 0 Å². The molecule has 19 heavy (non-hydrogen) atoms. The van der Waals surface area contributed by atoms with Crippen molar-refractivity contribution in [2.45, 2.75) is 23.8 Å². The number of hydrogen-bond donors (Lipinski definition) is 3. The van der Waals surface area contributed by atoms with Crippen molar-refractivity contribution in [2.75, 3.05) is 0 Å². The Kier molecular flexibility index (Phi) is 5.02. The standard InChI is InChI=1S/C11H15N3O4S/c12-9(6-7-10(13)15)11(16)14-19(17,18)8-4-2-1-3-5-8/h1-5,9H,6-7,12H2,(H2,13,15)(H,14,16)/t9-/m0/s1. The second-order valence-electron chi connectivity index (χ2n) is 3.89. The van der Waals surface area contributed by atoms with E-state index in [1.165, 1.54) is 24.3 Å². The molecule has 0 aliphatic carbocycles. The van der Waals surface area contributed by atoms with Gasteiger partial charge in [-0.3, -0.25) is 9.59 Å². The summed E-state index contributed by atoms with van der Waals surface area (Å²) in [5.74, 6) is -1.47. The van der Waals surface area contributed by atoms with E-state index in [1.807, 2.05) is 4.72 Å². The van der Waals surface area contributed by atoms with Gasteiger partial charge in [0.2, 0.25) is 5.91 Å². The lowest BCUT2D eigenvalue weighted by molar-refractivity contribution is -0.121. The van der Waals surface area contributed by atoms with Crippen molar-refractivity contribution in [1.82, 2.24) is 4.72 Å². The van der Waals surface area contributed by atoms with Crippen molar-refractivity contribution in [2.24, 2.45) is 11.5 Å². The highest BCUT2D eigenvalue weighted by molar-refractivity contribution is 7.90. The highest BCUT2D eigenvalue weighted by atomic mass is 32.2. The zero-order valence-electron chi connectivity index (χ0n) is 10.1. The SMILES string of the molecule is NC(=O)CC[C@H](N)C(=O)NS(=O)(=O)c1ccccc1. The van der Waals surface area contributed by atoms with Crippen LogP contribution < -0.4 is 16.2 Å². The molecule has 0 aliphatic rings. The van der Waals surface area contributed by atoms with Crippen LogP contribution in [0, 0.1) is 0 Å². The van der Waals surface area contributed by atoms with Crippen LogP contribution in [0.1, 0.15) is 12.8 Å². The number of hydrogen-bond acceptors (Lipinski definition) is 5. The molecule has 0 saturated carbocycles. The van der Waals surface area contributed by atoms with Crippen LogP contribution >= 0.6 is 0 Å². The minimum atomic E-state index is -3.94. The lowest BCUT2D eigenvalue weighted by atomic mass is 10.1. The van der Waals surface area contributed by atoms with Crippen molar-refractivity contribution in [1.29, 1.82) is 0 Å². The highest BCUT2D eigenvalue weighted by Gasteiger charge is 2.21. The van der Waals surface area contributed by atoms with E-state index in [0.29, 0.717) is 0 Å². The first kappa shape index (κ1) is 15.1. The Morgan fingerprint density at radius 2 is 1.79 bits per heavy atom. The molecule has 0 fully saturated rings. The normalized spacial score (nSPS) is 12.7. The summed E-state index contributed by atoms with van der Waals surface area (Å²) in [6, 6.07) is 6.32. The Hall–Kier alpha value is -1.93. The van der Waals surface area contributed by atoms with E-state index in [1.54, 1.807) is 6.07 Å². The van der Waals surface area contributed by atoms with Crippen molar-refractivity contribution >= 4 is 21.8 Å². The molecule has 0 bridgehead atoms.